The molecule has 19 heavy (non-hydrogen) atoms. The lowest BCUT2D eigenvalue weighted by atomic mass is 10.2. The standard InChI is InChI=1S/C14H17IN2O2/c1-2-13(18)16-7-9-17(10-8-16)14(19)11-5-3-4-6-12(11)15/h3-6H,2,7-10H2,1H3. The highest BCUT2D eigenvalue weighted by Gasteiger charge is 2.24. The van der Waals surface area contributed by atoms with Crippen LogP contribution >= 0.6 is 22.6 Å². The molecular formula is C14H17IN2O2. The fourth-order valence-corrected chi connectivity index (χ4v) is 2.81. The van der Waals surface area contributed by atoms with E-state index in [-0.39, 0.29) is 11.8 Å². The van der Waals surface area contributed by atoms with Gasteiger partial charge in [0.25, 0.3) is 5.91 Å². The van der Waals surface area contributed by atoms with E-state index in [1.165, 1.54) is 0 Å². The van der Waals surface area contributed by atoms with Gasteiger partial charge in [-0.3, -0.25) is 9.59 Å². The number of carbonyl (C=O) groups is 2. The van der Waals surface area contributed by atoms with Crippen molar-refractivity contribution < 1.29 is 9.59 Å². The maximum Gasteiger partial charge on any atom is 0.255 e. The van der Waals surface area contributed by atoms with E-state index in [2.05, 4.69) is 22.6 Å². The van der Waals surface area contributed by atoms with Gasteiger partial charge in [-0.05, 0) is 34.7 Å². The second-order valence-electron chi connectivity index (χ2n) is 4.51. The third-order valence-corrected chi connectivity index (χ3v) is 4.27. The first-order chi connectivity index (χ1) is 9.13. The number of carbonyl (C=O) groups excluding carboxylic acids is 2. The summed E-state index contributed by atoms with van der Waals surface area (Å²) in [7, 11) is 0. The summed E-state index contributed by atoms with van der Waals surface area (Å²) in [6, 6.07) is 7.60. The number of rotatable bonds is 2. The van der Waals surface area contributed by atoms with Gasteiger partial charge in [-0.25, -0.2) is 0 Å². The number of amides is 2. The van der Waals surface area contributed by atoms with E-state index in [0.29, 0.717) is 32.6 Å². The fourth-order valence-electron chi connectivity index (χ4n) is 2.19. The lowest BCUT2D eigenvalue weighted by Gasteiger charge is -2.34. The molecular weight excluding hydrogens is 355 g/mol. The summed E-state index contributed by atoms with van der Waals surface area (Å²) in [5.41, 5.74) is 0.748. The molecule has 0 bridgehead atoms. The molecule has 1 aromatic rings. The van der Waals surface area contributed by atoms with Crippen molar-refractivity contribution in [3.8, 4) is 0 Å². The summed E-state index contributed by atoms with van der Waals surface area (Å²) in [5.74, 6) is 0.231. The molecule has 1 aromatic carbocycles. The van der Waals surface area contributed by atoms with Crippen LogP contribution in [0.15, 0.2) is 24.3 Å². The second-order valence-corrected chi connectivity index (χ2v) is 5.67. The van der Waals surface area contributed by atoms with Gasteiger partial charge in [0.15, 0.2) is 0 Å². The number of hydrogen-bond donors (Lipinski definition) is 0. The van der Waals surface area contributed by atoms with Crippen LogP contribution in [-0.2, 0) is 4.79 Å². The van der Waals surface area contributed by atoms with E-state index in [0.717, 1.165) is 9.13 Å². The molecule has 0 N–H and O–H groups in total. The van der Waals surface area contributed by atoms with E-state index >= 15 is 0 Å². The predicted octanol–water partition coefficient (Wildman–Crippen LogP) is 1.99. The van der Waals surface area contributed by atoms with Crippen LogP contribution in [0.4, 0.5) is 0 Å². The third-order valence-electron chi connectivity index (χ3n) is 3.33. The Morgan fingerprint density at radius 2 is 1.68 bits per heavy atom. The second kappa shape index (κ2) is 6.36. The molecule has 0 aliphatic carbocycles. The molecule has 0 atom stereocenters. The van der Waals surface area contributed by atoms with Gasteiger partial charge < -0.3 is 9.80 Å². The Morgan fingerprint density at radius 3 is 2.26 bits per heavy atom. The summed E-state index contributed by atoms with van der Waals surface area (Å²) < 4.78 is 0.970. The number of nitrogens with zero attached hydrogens (tertiary/aromatic N) is 2. The van der Waals surface area contributed by atoms with Crippen molar-refractivity contribution in [1.82, 2.24) is 9.80 Å². The van der Waals surface area contributed by atoms with Crippen LogP contribution in [-0.4, -0.2) is 47.8 Å². The minimum Gasteiger partial charge on any atom is -0.339 e. The molecule has 1 fully saturated rings. The zero-order chi connectivity index (χ0) is 13.8. The van der Waals surface area contributed by atoms with Crippen LogP contribution in [0.3, 0.4) is 0 Å². The largest absolute Gasteiger partial charge is 0.339 e. The van der Waals surface area contributed by atoms with Crippen molar-refractivity contribution in [2.75, 3.05) is 26.2 Å². The molecule has 0 aromatic heterocycles. The molecule has 1 aliphatic rings. The average molecular weight is 372 g/mol. The Kier molecular flexibility index (Phi) is 4.79. The van der Waals surface area contributed by atoms with Gasteiger partial charge in [0.1, 0.15) is 0 Å². The van der Waals surface area contributed by atoms with E-state index in [1.54, 1.807) is 0 Å². The molecule has 2 amide bonds. The van der Waals surface area contributed by atoms with Crippen molar-refractivity contribution in [2.24, 2.45) is 0 Å². The molecule has 1 saturated heterocycles. The van der Waals surface area contributed by atoms with Gasteiger partial charge in [-0.2, -0.15) is 0 Å². The van der Waals surface area contributed by atoms with Crippen molar-refractivity contribution in [3.63, 3.8) is 0 Å². The van der Waals surface area contributed by atoms with E-state index < -0.39 is 0 Å². The summed E-state index contributed by atoms with van der Waals surface area (Å²) in [6.45, 7) is 4.39. The predicted molar refractivity (Wildman–Crippen MR) is 81.9 cm³/mol. The summed E-state index contributed by atoms with van der Waals surface area (Å²) in [5, 5.41) is 0. The first kappa shape index (κ1) is 14.3. The molecule has 5 heteroatoms. The molecule has 1 heterocycles. The minimum atomic E-state index is 0.0635. The highest BCUT2D eigenvalue weighted by atomic mass is 127. The Morgan fingerprint density at radius 1 is 1.11 bits per heavy atom. The van der Waals surface area contributed by atoms with Crippen molar-refractivity contribution in [3.05, 3.63) is 33.4 Å². The Bertz CT molecular complexity index is 482. The maximum absolute atomic E-state index is 12.4. The van der Waals surface area contributed by atoms with Crippen LogP contribution in [0, 0.1) is 3.57 Å². The van der Waals surface area contributed by atoms with E-state index in [1.807, 2.05) is 41.0 Å². The molecule has 102 valence electrons. The fraction of sp³-hybridized carbons (Fsp3) is 0.429. The van der Waals surface area contributed by atoms with Gasteiger partial charge in [0.2, 0.25) is 5.91 Å². The highest BCUT2D eigenvalue weighted by Crippen LogP contribution is 2.15. The van der Waals surface area contributed by atoms with Crippen LogP contribution < -0.4 is 0 Å². The minimum absolute atomic E-state index is 0.0635. The normalized spacial score (nSPS) is 15.5. The zero-order valence-electron chi connectivity index (χ0n) is 10.9. The Balaban J connectivity index is 2.00. The van der Waals surface area contributed by atoms with Crippen LogP contribution in [0.25, 0.3) is 0 Å². The quantitative estimate of drug-likeness (QED) is 0.745. The molecule has 2 rings (SSSR count). The smallest absolute Gasteiger partial charge is 0.255 e. The number of halogens is 1. The van der Waals surface area contributed by atoms with Gasteiger partial charge >= 0.3 is 0 Å². The number of hydrogen-bond acceptors (Lipinski definition) is 2. The van der Waals surface area contributed by atoms with Gasteiger partial charge in [-0.1, -0.05) is 19.1 Å². The zero-order valence-corrected chi connectivity index (χ0v) is 13.1. The van der Waals surface area contributed by atoms with Crippen molar-refractivity contribution >= 4 is 34.4 Å². The van der Waals surface area contributed by atoms with E-state index in [4.69, 9.17) is 0 Å². The average Bonchev–Trinajstić information content (AvgIpc) is 2.46. The van der Waals surface area contributed by atoms with Gasteiger partial charge in [-0.15, -0.1) is 0 Å². The van der Waals surface area contributed by atoms with Crippen LogP contribution in [0.2, 0.25) is 0 Å². The topological polar surface area (TPSA) is 40.6 Å². The summed E-state index contributed by atoms with van der Waals surface area (Å²) in [6.07, 6.45) is 0.532. The molecule has 0 radical (unpaired) electrons. The third kappa shape index (κ3) is 3.26. The Hall–Kier alpha value is -1.11. The summed E-state index contributed by atoms with van der Waals surface area (Å²) >= 11 is 2.18. The van der Waals surface area contributed by atoms with Crippen molar-refractivity contribution in [1.29, 1.82) is 0 Å². The van der Waals surface area contributed by atoms with Crippen LogP contribution in [0.1, 0.15) is 23.7 Å². The molecule has 0 saturated carbocycles. The molecule has 4 nitrogen and oxygen atoms in total. The van der Waals surface area contributed by atoms with E-state index in [9.17, 15) is 9.59 Å². The Labute approximate surface area is 126 Å². The molecule has 0 spiro atoms. The molecule has 0 unspecified atom stereocenters. The van der Waals surface area contributed by atoms with Crippen molar-refractivity contribution in [2.45, 2.75) is 13.3 Å². The highest BCUT2D eigenvalue weighted by molar-refractivity contribution is 14.1. The SMILES string of the molecule is CCC(=O)N1CCN(C(=O)c2ccccc2I)CC1. The molecule has 1 aliphatic heterocycles. The van der Waals surface area contributed by atoms with Crippen LogP contribution in [0.5, 0.6) is 0 Å². The first-order valence-electron chi connectivity index (χ1n) is 6.45. The van der Waals surface area contributed by atoms with Gasteiger partial charge in [0.05, 0.1) is 5.56 Å². The lowest BCUT2D eigenvalue weighted by molar-refractivity contribution is -0.132. The first-order valence-corrected chi connectivity index (χ1v) is 7.53. The maximum atomic E-state index is 12.4. The monoisotopic (exact) mass is 372 g/mol. The van der Waals surface area contributed by atoms with Gasteiger partial charge in [0, 0.05) is 36.2 Å². The number of piperazine rings is 1. The number of benzene rings is 1. The summed E-state index contributed by atoms with van der Waals surface area (Å²) in [4.78, 5) is 27.6. The lowest BCUT2D eigenvalue weighted by Crippen LogP contribution is -2.50.